The number of methoxy groups -OCH3 is 1. The highest BCUT2D eigenvalue weighted by atomic mass is 16.5. The summed E-state index contributed by atoms with van der Waals surface area (Å²) in [5.41, 5.74) is 2.11. The van der Waals surface area contributed by atoms with Crippen molar-refractivity contribution in [3.63, 3.8) is 0 Å². The Hall–Kier alpha value is -2.53. The first kappa shape index (κ1) is 17.9. The van der Waals surface area contributed by atoms with Crippen LogP contribution in [0.4, 0.5) is 0 Å². The maximum absolute atomic E-state index is 12.8. The third-order valence-corrected chi connectivity index (χ3v) is 5.33. The van der Waals surface area contributed by atoms with Crippen molar-refractivity contribution in [2.75, 3.05) is 20.2 Å². The van der Waals surface area contributed by atoms with E-state index in [4.69, 9.17) is 9.47 Å². The van der Waals surface area contributed by atoms with E-state index in [0.717, 1.165) is 29.9 Å². The van der Waals surface area contributed by atoms with Gasteiger partial charge in [-0.3, -0.25) is 9.69 Å². The predicted octanol–water partition coefficient (Wildman–Crippen LogP) is 3.08. The second-order valence-corrected chi connectivity index (χ2v) is 7.57. The van der Waals surface area contributed by atoms with Gasteiger partial charge < -0.3 is 14.8 Å². The van der Waals surface area contributed by atoms with E-state index in [1.54, 1.807) is 7.11 Å². The lowest BCUT2D eigenvalue weighted by molar-refractivity contribution is -0.123. The summed E-state index contributed by atoms with van der Waals surface area (Å²) < 4.78 is 11.3. The van der Waals surface area contributed by atoms with Crippen LogP contribution < -0.4 is 14.8 Å². The molecule has 2 aromatic carbocycles. The third-order valence-electron chi connectivity index (χ3n) is 5.33. The Labute approximate surface area is 160 Å². The summed E-state index contributed by atoms with van der Waals surface area (Å²) in [6, 6.07) is 16.1. The molecule has 1 saturated carbocycles. The molecule has 142 valence electrons. The number of benzene rings is 2. The first-order valence-electron chi connectivity index (χ1n) is 9.50. The van der Waals surface area contributed by atoms with Crippen molar-refractivity contribution in [2.45, 2.75) is 38.0 Å². The Morgan fingerprint density at radius 2 is 2.04 bits per heavy atom. The molecule has 27 heavy (non-hydrogen) atoms. The van der Waals surface area contributed by atoms with Crippen LogP contribution in [0, 0.1) is 0 Å². The maximum atomic E-state index is 12.8. The first-order chi connectivity index (χ1) is 13.1. The minimum atomic E-state index is -0.169. The van der Waals surface area contributed by atoms with Gasteiger partial charge in [0.1, 0.15) is 17.6 Å². The second-order valence-electron chi connectivity index (χ2n) is 7.57. The molecule has 1 aliphatic heterocycles. The number of nitrogens with one attached hydrogen (secondary N) is 1. The molecule has 1 amide bonds. The minimum Gasteiger partial charge on any atom is -0.497 e. The molecule has 1 unspecified atom stereocenters. The molecule has 2 aliphatic rings. The SMILES string of the molecule is COc1ccc2c(c1)OC(C)CN(CC(=O)NC1(c3ccccc3)CC1)C2. The largest absolute Gasteiger partial charge is 0.497 e. The van der Waals surface area contributed by atoms with Gasteiger partial charge in [-0.2, -0.15) is 0 Å². The Morgan fingerprint density at radius 3 is 2.74 bits per heavy atom. The Bertz CT molecular complexity index is 818. The zero-order valence-corrected chi connectivity index (χ0v) is 15.9. The fraction of sp³-hybridized carbons (Fsp3) is 0.409. The van der Waals surface area contributed by atoms with E-state index < -0.39 is 0 Å². The van der Waals surface area contributed by atoms with Gasteiger partial charge in [0.15, 0.2) is 0 Å². The molecule has 1 N–H and O–H groups in total. The van der Waals surface area contributed by atoms with E-state index in [0.29, 0.717) is 19.6 Å². The van der Waals surface area contributed by atoms with Crippen LogP contribution in [0.5, 0.6) is 11.5 Å². The second kappa shape index (κ2) is 7.24. The van der Waals surface area contributed by atoms with Crippen LogP contribution in [0.25, 0.3) is 0 Å². The van der Waals surface area contributed by atoms with Crippen molar-refractivity contribution < 1.29 is 14.3 Å². The predicted molar refractivity (Wildman–Crippen MR) is 104 cm³/mol. The Morgan fingerprint density at radius 1 is 1.26 bits per heavy atom. The number of hydrogen-bond donors (Lipinski definition) is 1. The molecule has 1 heterocycles. The lowest BCUT2D eigenvalue weighted by Gasteiger charge is -2.24. The summed E-state index contributed by atoms with van der Waals surface area (Å²) >= 11 is 0. The van der Waals surface area contributed by atoms with Gasteiger partial charge in [-0.1, -0.05) is 36.4 Å². The van der Waals surface area contributed by atoms with Gasteiger partial charge in [0.25, 0.3) is 0 Å². The molecule has 5 nitrogen and oxygen atoms in total. The summed E-state index contributed by atoms with van der Waals surface area (Å²) in [6.45, 7) is 3.80. The molecular formula is C22H26N2O3. The van der Waals surface area contributed by atoms with E-state index in [-0.39, 0.29) is 17.6 Å². The van der Waals surface area contributed by atoms with Crippen molar-refractivity contribution in [3.8, 4) is 11.5 Å². The highest BCUT2D eigenvalue weighted by Crippen LogP contribution is 2.45. The number of ether oxygens (including phenoxy) is 2. The molecule has 5 heteroatoms. The molecule has 0 radical (unpaired) electrons. The van der Waals surface area contributed by atoms with E-state index in [1.807, 2.05) is 43.3 Å². The van der Waals surface area contributed by atoms with Crippen LogP contribution in [-0.2, 0) is 16.9 Å². The Kier molecular flexibility index (Phi) is 4.79. The zero-order chi connectivity index (χ0) is 18.9. The maximum Gasteiger partial charge on any atom is 0.234 e. The van der Waals surface area contributed by atoms with Crippen molar-refractivity contribution in [1.29, 1.82) is 0 Å². The summed E-state index contributed by atoms with van der Waals surface area (Å²) in [4.78, 5) is 14.9. The number of carbonyl (C=O) groups is 1. The number of amides is 1. The quantitative estimate of drug-likeness (QED) is 0.884. The van der Waals surface area contributed by atoms with Crippen LogP contribution >= 0.6 is 0 Å². The molecule has 0 bridgehead atoms. The van der Waals surface area contributed by atoms with Crippen molar-refractivity contribution in [1.82, 2.24) is 10.2 Å². The number of rotatable bonds is 5. The highest BCUT2D eigenvalue weighted by Gasteiger charge is 2.45. The van der Waals surface area contributed by atoms with Crippen molar-refractivity contribution in [3.05, 3.63) is 59.7 Å². The monoisotopic (exact) mass is 366 g/mol. The van der Waals surface area contributed by atoms with Crippen LogP contribution in [0.15, 0.2) is 48.5 Å². The summed E-state index contributed by atoms with van der Waals surface area (Å²) in [5.74, 6) is 1.69. The number of carbonyl (C=O) groups excluding carboxylic acids is 1. The average Bonchev–Trinajstić information content (AvgIpc) is 3.45. The third kappa shape index (κ3) is 3.93. The zero-order valence-electron chi connectivity index (χ0n) is 15.9. The van der Waals surface area contributed by atoms with Gasteiger partial charge in [0.2, 0.25) is 5.91 Å². The van der Waals surface area contributed by atoms with Gasteiger partial charge in [0, 0.05) is 24.7 Å². The normalized spacial score (nSPS) is 20.7. The number of fused-ring (bicyclic) bond motifs is 1. The van der Waals surface area contributed by atoms with Gasteiger partial charge in [0.05, 0.1) is 19.2 Å². The summed E-state index contributed by atoms with van der Waals surface area (Å²) in [7, 11) is 1.65. The average molecular weight is 366 g/mol. The van der Waals surface area contributed by atoms with Crippen LogP contribution in [-0.4, -0.2) is 37.1 Å². The van der Waals surface area contributed by atoms with Crippen LogP contribution in [0.3, 0.4) is 0 Å². The lowest BCUT2D eigenvalue weighted by Crippen LogP contribution is -2.43. The van der Waals surface area contributed by atoms with Crippen LogP contribution in [0.2, 0.25) is 0 Å². The lowest BCUT2D eigenvalue weighted by atomic mass is 10.1. The van der Waals surface area contributed by atoms with Crippen LogP contribution in [0.1, 0.15) is 30.9 Å². The van der Waals surface area contributed by atoms with Gasteiger partial charge in [-0.25, -0.2) is 0 Å². The van der Waals surface area contributed by atoms with E-state index in [2.05, 4.69) is 22.3 Å². The van der Waals surface area contributed by atoms with E-state index in [9.17, 15) is 4.79 Å². The fourth-order valence-corrected chi connectivity index (χ4v) is 3.82. The molecule has 4 rings (SSSR count). The molecule has 0 saturated heterocycles. The topological polar surface area (TPSA) is 50.8 Å². The molecule has 0 aromatic heterocycles. The van der Waals surface area contributed by atoms with Gasteiger partial charge in [-0.15, -0.1) is 0 Å². The van der Waals surface area contributed by atoms with Gasteiger partial charge in [-0.05, 0) is 31.4 Å². The highest BCUT2D eigenvalue weighted by molar-refractivity contribution is 5.79. The first-order valence-corrected chi connectivity index (χ1v) is 9.50. The Balaban J connectivity index is 1.43. The number of nitrogens with zero attached hydrogens (tertiary/aromatic N) is 1. The van der Waals surface area contributed by atoms with E-state index in [1.165, 1.54) is 5.56 Å². The summed E-state index contributed by atoms with van der Waals surface area (Å²) in [5, 5.41) is 3.27. The molecule has 2 aromatic rings. The standard InChI is InChI=1S/C22H26N2O3/c1-16-13-24(14-17-8-9-19(26-2)12-20(17)27-16)15-21(25)23-22(10-11-22)18-6-4-3-5-7-18/h3-9,12,16H,10-11,13-15H2,1-2H3,(H,23,25). The molecule has 0 spiro atoms. The van der Waals surface area contributed by atoms with Crippen molar-refractivity contribution >= 4 is 5.91 Å². The molecular weight excluding hydrogens is 340 g/mol. The van der Waals surface area contributed by atoms with Crippen molar-refractivity contribution in [2.24, 2.45) is 0 Å². The smallest absolute Gasteiger partial charge is 0.234 e. The number of hydrogen-bond acceptors (Lipinski definition) is 4. The summed E-state index contributed by atoms with van der Waals surface area (Å²) in [6.07, 6.45) is 2.02. The molecule has 1 fully saturated rings. The molecule has 1 aliphatic carbocycles. The minimum absolute atomic E-state index is 0.00941. The van der Waals surface area contributed by atoms with Gasteiger partial charge >= 0.3 is 0 Å². The van der Waals surface area contributed by atoms with E-state index >= 15 is 0 Å². The molecule has 1 atom stereocenters. The fourth-order valence-electron chi connectivity index (χ4n) is 3.82.